The fraction of sp³-hybridized carbons (Fsp3) is 0.214. The van der Waals surface area contributed by atoms with E-state index in [4.69, 9.17) is 15.1 Å². The van der Waals surface area contributed by atoms with E-state index in [-0.39, 0.29) is 5.57 Å². The molecule has 7 heteroatoms. The number of nitrogens with zero attached hydrogens (tertiary/aromatic N) is 1. The molecule has 1 amide bonds. The SMILES string of the molecule is COc1cccc(N/C=C(/C#N)C(=O)NC(C)C(=O)O)c1. The number of anilines is 1. The Morgan fingerprint density at radius 2 is 2.19 bits per heavy atom. The summed E-state index contributed by atoms with van der Waals surface area (Å²) in [4.78, 5) is 22.4. The number of ether oxygens (including phenoxy) is 1. The Morgan fingerprint density at radius 1 is 1.48 bits per heavy atom. The molecule has 7 nitrogen and oxygen atoms in total. The molecule has 0 aliphatic carbocycles. The van der Waals surface area contributed by atoms with E-state index in [1.165, 1.54) is 20.2 Å². The van der Waals surface area contributed by atoms with Crippen molar-refractivity contribution in [1.29, 1.82) is 5.26 Å². The molecule has 21 heavy (non-hydrogen) atoms. The number of carboxylic acids is 1. The Kier molecular flexibility index (Phi) is 5.77. The van der Waals surface area contributed by atoms with Gasteiger partial charge in [0, 0.05) is 18.0 Å². The molecule has 0 aromatic heterocycles. The summed E-state index contributed by atoms with van der Waals surface area (Å²) in [6.07, 6.45) is 1.21. The third-order valence-corrected chi connectivity index (χ3v) is 2.54. The van der Waals surface area contributed by atoms with Crippen molar-refractivity contribution in [2.45, 2.75) is 13.0 Å². The van der Waals surface area contributed by atoms with E-state index in [0.717, 1.165) is 0 Å². The third kappa shape index (κ3) is 4.87. The summed E-state index contributed by atoms with van der Waals surface area (Å²) in [7, 11) is 1.52. The average molecular weight is 289 g/mol. The van der Waals surface area contributed by atoms with E-state index in [1.54, 1.807) is 30.3 Å². The quantitative estimate of drug-likeness (QED) is 0.534. The van der Waals surface area contributed by atoms with Crippen LogP contribution in [0.1, 0.15) is 6.92 Å². The van der Waals surface area contributed by atoms with Crippen molar-refractivity contribution < 1.29 is 19.4 Å². The topological polar surface area (TPSA) is 111 Å². The van der Waals surface area contributed by atoms with E-state index in [9.17, 15) is 9.59 Å². The number of carbonyl (C=O) groups is 2. The molecular formula is C14H15N3O4. The molecule has 3 N–H and O–H groups in total. The molecule has 0 aliphatic rings. The Bertz CT molecular complexity index is 604. The monoisotopic (exact) mass is 289 g/mol. The van der Waals surface area contributed by atoms with Gasteiger partial charge in [0.05, 0.1) is 7.11 Å². The molecule has 1 atom stereocenters. The van der Waals surface area contributed by atoms with Crippen molar-refractivity contribution in [3.63, 3.8) is 0 Å². The zero-order chi connectivity index (χ0) is 15.8. The molecule has 0 aliphatic heterocycles. The second kappa shape index (κ2) is 7.55. The number of benzene rings is 1. The van der Waals surface area contributed by atoms with Gasteiger partial charge in [-0.3, -0.25) is 9.59 Å². The van der Waals surface area contributed by atoms with Gasteiger partial charge in [0.2, 0.25) is 0 Å². The van der Waals surface area contributed by atoms with Crippen LogP contribution >= 0.6 is 0 Å². The van der Waals surface area contributed by atoms with E-state index in [0.29, 0.717) is 11.4 Å². The van der Waals surface area contributed by atoms with Gasteiger partial charge in [-0.05, 0) is 19.1 Å². The maximum atomic E-state index is 11.7. The predicted octanol–water partition coefficient (Wildman–Crippen LogP) is 1.10. The highest BCUT2D eigenvalue weighted by Gasteiger charge is 2.16. The second-order valence-corrected chi connectivity index (χ2v) is 4.08. The molecular weight excluding hydrogens is 274 g/mol. The first-order chi connectivity index (χ1) is 9.97. The van der Waals surface area contributed by atoms with Gasteiger partial charge in [-0.25, -0.2) is 0 Å². The Balaban J connectivity index is 2.77. The fourth-order valence-corrected chi connectivity index (χ4v) is 1.35. The van der Waals surface area contributed by atoms with Gasteiger partial charge in [-0.15, -0.1) is 0 Å². The summed E-state index contributed by atoms with van der Waals surface area (Å²) >= 11 is 0. The maximum Gasteiger partial charge on any atom is 0.325 e. The predicted molar refractivity (Wildman–Crippen MR) is 75.6 cm³/mol. The van der Waals surface area contributed by atoms with Gasteiger partial charge in [-0.1, -0.05) is 6.07 Å². The summed E-state index contributed by atoms with van der Waals surface area (Å²) < 4.78 is 5.04. The zero-order valence-electron chi connectivity index (χ0n) is 11.6. The fourth-order valence-electron chi connectivity index (χ4n) is 1.35. The van der Waals surface area contributed by atoms with Crippen LogP contribution in [0.15, 0.2) is 36.0 Å². The molecule has 1 aromatic rings. The third-order valence-electron chi connectivity index (χ3n) is 2.54. The average Bonchev–Trinajstić information content (AvgIpc) is 2.47. The van der Waals surface area contributed by atoms with Crippen molar-refractivity contribution in [1.82, 2.24) is 5.32 Å². The van der Waals surface area contributed by atoms with E-state index >= 15 is 0 Å². The van der Waals surface area contributed by atoms with E-state index in [1.807, 2.05) is 0 Å². The van der Waals surface area contributed by atoms with E-state index in [2.05, 4.69) is 10.6 Å². The van der Waals surface area contributed by atoms with Crippen molar-refractivity contribution in [3.05, 3.63) is 36.0 Å². The lowest BCUT2D eigenvalue weighted by Crippen LogP contribution is -2.39. The van der Waals surface area contributed by atoms with Gasteiger partial charge in [0.1, 0.15) is 23.4 Å². The van der Waals surface area contributed by atoms with Crippen LogP contribution in [0.4, 0.5) is 5.69 Å². The number of nitrogens with one attached hydrogen (secondary N) is 2. The smallest absolute Gasteiger partial charge is 0.325 e. The highest BCUT2D eigenvalue weighted by molar-refractivity contribution is 5.99. The maximum absolute atomic E-state index is 11.7. The lowest BCUT2D eigenvalue weighted by Gasteiger charge is -2.09. The molecule has 0 fully saturated rings. The van der Waals surface area contributed by atoms with Gasteiger partial charge in [0.15, 0.2) is 0 Å². The van der Waals surface area contributed by atoms with Crippen LogP contribution in [0.25, 0.3) is 0 Å². The molecule has 1 aromatic carbocycles. The van der Waals surface area contributed by atoms with Gasteiger partial charge in [-0.2, -0.15) is 5.26 Å². The molecule has 1 rings (SSSR count). The van der Waals surface area contributed by atoms with Crippen LogP contribution in [0.3, 0.4) is 0 Å². The largest absolute Gasteiger partial charge is 0.497 e. The summed E-state index contributed by atoms with van der Waals surface area (Å²) in [5, 5.41) is 22.6. The minimum atomic E-state index is -1.18. The first-order valence-electron chi connectivity index (χ1n) is 6.02. The van der Waals surface area contributed by atoms with Crippen molar-refractivity contribution in [3.8, 4) is 11.8 Å². The number of aliphatic carboxylic acids is 1. The Morgan fingerprint density at radius 3 is 2.76 bits per heavy atom. The highest BCUT2D eigenvalue weighted by Crippen LogP contribution is 2.16. The highest BCUT2D eigenvalue weighted by atomic mass is 16.5. The molecule has 1 unspecified atom stereocenters. The Hall–Kier alpha value is -3.01. The summed E-state index contributed by atoms with van der Waals surface area (Å²) in [5.74, 6) is -1.32. The van der Waals surface area contributed by atoms with Crippen LogP contribution in [0.5, 0.6) is 5.75 Å². The first kappa shape index (κ1) is 16.0. The number of amides is 1. The number of hydrogen-bond donors (Lipinski definition) is 3. The van der Waals surface area contributed by atoms with Crippen LogP contribution in [-0.2, 0) is 9.59 Å². The van der Waals surface area contributed by atoms with Crippen molar-refractivity contribution in [2.24, 2.45) is 0 Å². The lowest BCUT2D eigenvalue weighted by molar-refractivity contribution is -0.140. The molecule has 0 saturated carbocycles. The lowest BCUT2D eigenvalue weighted by atomic mass is 10.2. The van der Waals surface area contributed by atoms with Crippen molar-refractivity contribution in [2.75, 3.05) is 12.4 Å². The number of methoxy groups -OCH3 is 1. The normalized spacial score (nSPS) is 12.0. The molecule has 0 radical (unpaired) electrons. The van der Waals surface area contributed by atoms with Crippen LogP contribution < -0.4 is 15.4 Å². The van der Waals surface area contributed by atoms with Crippen LogP contribution in [-0.4, -0.2) is 30.1 Å². The molecule has 110 valence electrons. The number of hydrogen-bond acceptors (Lipinski definition) is 5. The number of rotatable bonds is 6. The standard InChI is InChI=1S/C14H15N3O4/c1-9(14(19)20)17-13(18)10(7-15)8-16-11-4-3-5-12(6-11)21-2/h3-6,8-9,16H,1-2H3,(H,17,18)(H,19,20)/b10-8-. The number of carbonyl (C=O) groups excluding carboxylic acids is 1. The number of carboxylic acid groups (broad SMARTS) is 1. The molecule has 0 saturated heterocycles. The van der Waals surface area contributed by atoms with Gasteiger partial charge in [0.25, 0.3) is 5.91 Å². The Labute approximate surface area is 121 Å². The van der Waals surface area contributed by atoms with Crippen molar-refractivity contribution >= 4 is 17.6 Å². The van der Waals surface area contributed by atoms with Gasteiger partial charge >= 0.3 is 5.97 Å². The minimum Gasteiger partial charge on any atom is -0.497 e. The zero-order valence-corrected chi connectivity index (χ0v) is 11.6. The molecule has 0 heterocycles. The first-order valence-corrected chi connectivity index (χ1v) is 6.02. The number of nitriles is 1. The van der Waals surface area contributed by atoms with E-state index < -0.39 is 17.9 Å². The molecule has 0 bridgehead atoms. The second-order valence-electron chi connectivity index (χ2n) is 4.08. The summed E-state index contributed by atoms with van der Waals surface area (Å²) in [5.41, 5.74) is 0.395. The molecule has 0 spiro atoms. The minimum absolute atomic E-state index is 0.231. The van der Waals surface area contributed by atoms with Crippen LogP contribution in [0, 0.1) is 11.3 Å². The van der Waals surface area contributed by atoms with Gasteiger partial charge < -0.3 is 20.5 Å². The summed E-state index contributed by atoms with van der Waals surface area (Å²) in [6.45, 7) is 1.31. The summed E-state index contributed by atoms with van der Waals surface area (Å²) in [6, 6.07) is 7.54. The van der Waals surface area contributed by atoms with Crippen LogP contribution in [0.2, 0.25) is 0 Å².